The average molecular weight is 346 g/mol. The van der Waals surface area contributed by atoms with Gasteiger partial charge in [-0.25, -0.2) is 0 Å². The lowest BCUT2D eigenvalue weighted by molar-refractivity contribution is 0.109. The second kappa shape index (κ2) is 6.51. The van der Waals surface area contributed by atoms with E-state index in [0.717, 1.165) is 63.1 Å². The van der Waals surface area contributed by atoms with Gasteiger partial charge in [0.2, 0.25) is 0 Å². The fourth-order valence-electron chi connectivity index (χ4n) is 4.41. The van der Waals surface area contributed by atoms with Gasteiger partial charge in [0.05, 0.1) is 18.8 Å². The van der Waals surface area contributed by atoms with Gasteiger partial charge < -0.3 is 19.1 Å². The van der Waals surface area contributed by atoms with Gasteiger partial charge in [-0.1, -0.05) is 5.16 Å². The maximum absolute atomic E-state index is 10.1. The summed E-state index contributed by atoms with van der Waals surface area (Å²) in [6.07, 6.45) is 1.79. The first-order valence-electron chi connectivity index (χ1n) is 8.90. The lowest BCUT2D eigenvalue weighted by atomic mass is 9.82. The SMILES string of the molecule is Cc1cc(CN2CC3CN(CCn4cnnc4C)CC3(CO)C2)on1. The molecule has 0 spiro atoms. The lowest BCUT2D eigenvalue weighted by Gasteiger charge is -2.27. The molecule has 2 aromatic heterocycles. The van der Waals surface area contributed by atoms with Gasteiger partial charge in [0, 0.05) is 50.7 Å². The molecule has 2 aromatic rings. The van der Waals surface area contributed by atoms with Crippen LogP contribution in [0.3, 0.4) is 0 Å². The first kappa shape index (κ1) is 16.7. The molecule has 0 aromatic carbocycles. The van der Waals surface area contributed by atoms with E-state index in [0.29, 0.717) is 5.92 Å². The first-order chi connectivity index (χ1) is 12.1. The maximum atomic E-state index is 10.1. The van der Waals surface area contributed by atoms with Crippen LogP contribution in [0, 0.1) is 25.2 Å². The molecule has 0 saturated carbocycles. The largest absolute Gasteiger partial charge is 0.396 e. The molecule has 0 aliphatic carbocycles. The van der Waals surface area contributed by atoms with E-state index in [9.17, 15) is 5.11 Å². The van der Waals surface area contributed by atoms with Gasteiger partial charge in [0.1, 0.15) is 12.2 Å². The van der Waals surface area contributed by atoms with Gasteiger partial charge in [-0.05, 0) is 19.8 Å². The smallest absolute Gasteiger partial charge is 0.150 e. The zero-order valence-corrected chi connectivity index (χ0v) is 14.9. The topological polar surface area (TPSA) is 83.5 Å². The van der Waals surface area contributed by atoms with Crippen LogP contribution in [0.1, 0.15) is 17.3 Å². The van der Waals surface area contributed by atoms with E-state index < -0.39 is 0 Å². The molecule has 0 radical (unpaired) electrons. The third-order valence-corrected chi connectivity index (χ3v) is 5.74. The molecule has 0 bridgehead atoms. The molecule has 8 heteroatoms. The van der Waals surface area contributed by atoms with Gasteiger partial charge in [-0.15, -0.1) is 10.2 Å². The van der Waals surface area contributed by atoms with Gasteiger partial charge in [0.15, 0.2) is 5.76 Å². The molecule has 2 unspecified atom stereocenters. The molecule has 2 aliphatic rings. The maximum Gasteiger partial charge on any atom is 0.150 e. The number of aryl methyl sites for hydroxylation is 2. The Morgan fingerprint density at radius 1 is 1.24 bits per heavy atom. The van der Waals surface area contributed by atoms with E-state index in [-0.39, 0.29) is 12.0 Å². The van der Waals surface area contributed by atoms with Crippen LogP contribution in [0.25, 0.3) is 0 Å². The molecule has 2 fully saturated rings. The minimum atomic E-state index is -0.0166. The van der Waals surface area contributed by atoms with Crippen LogP contribution in [0.2, 0.25) is 0 Å². The number of likely N-dealkylation sites (tertiary alicyclic amines) is 2. The number of hydrogen-bond donors (Lipinski definition) is 1. The summed E-state index contributed by atoms with van der Waals surface area (Å²) in [5, 5.41) is 22.1. The van der Waals surface area contributed by atoms with Crippen LogP contribution in [0.15, 0.2) is 16.9 Å². The predicted molar refractivity (Wildman–Crippen MR) is 90.7 cm³/mol. The van der Waals surface area contributed by atoms with Crippen molar-refractivity contribution in [2.75, 3.05) is 39.3 Å². The molecule has 4 heterocycles. The summed E-state index contributed by atoms with van der Waals surface area (Å²) in [6.45, 7) is 10.7. The Hall–Kier alpha value is -1.77. The fourth-order valence-corrected chi connectivity index (χ4v) is 4.41. The van der Waals surface area contributed by atoms with E-state index in [2.05, 4.69) is 29.7 Å². The van der Waals surface area contributed by atoms with Crippen molar-refractivity contribution in [1.29, 1.82) is 0 Å². The molecule has 2 saturated heterocycles. The molecule has 136 valence electrons. The standard InChI is InChI=1S/C17H26N6O2/c1-13-5-16(25-20-13)8-22-7-15-6-21(9-17(15,10-22)11-24)3-4-23-12-18-19-14(23)2/h5,12,15,24H,3-4,6-11H2,1-2H3. The molecule has 25 heavy (non-hydrogen) atoms. The summed E-state index contributed by atoms with van der Waals surface area (Å²) in [7, 11) is 0. The average Bonchev–Trinajstić information content (AvgIpc) is 3.30. The number of rotatable bonds is 6. The molecule has 2 atom stereocenters. The van der Waals surface area contributed by atoms with E-state index in [1.165, 1.54) is 0 Å². The number of aliphatic hydroxyl groups excluding tert-OH is 1. The molecular weight excluding hydrogens is 320 g/mol. The van der Waals surface area contributed by atoms with E-state index in [1.807, 2.05) is 19.9 Å². The second-order valence-corrected chi connectivity index (χ2v) is 7.63. The third-order valence-electron chi connectivity index (χ3n) is 5.74. The van der Waals surface area contributed by atoms with Gasteiger partial charge in [0.25, 0.3) is 0 Å². The van der Waals surface area contributed by atoms with Gasteiger partial charge >= 0.3 is 0 Å². The summed E-state index contributed by atoms with van der Waals surface area (Å²) >= 11 is 0. The van der Waals surface area contributed by atoms with Crippen molar-refractivity contribution in [1.82, 2.24) is 29.7 Å². The highest BCUT2D eigenvalue weighted by molar-refractivity contribution is 5.07. The zero-order chi connectivity index (χ0) is 17.4. The molecular formula is C17H26N6O2. The molecule has 1 N–H and O–H groups in total. The van der Waals surface area contributed by atoms with Crippen LogP contribution in [-0.4, -0.2) is 74.2 Å². The van der Waals surface area contributed by atoms with Crippen LogP contribution in [0.4, 0.5) is 0 Å². The second-order valence-electron chi connectivity index (χ2n) is 7.63. The highest BCUT2D eigenvalue weighted by atomic mass is 16.5. The summed E-state index contributed by atoms with van der Waals surface area (Å²) in [4.78, 5) is 4.86. The number of aromatic nitrogens is 4. The van der Waals surface area contributed by atoms with Crippen molar-refractivity contribution in [3.63, 3.8) is 0 Å². The Kier molecular flexibility index (Phi) is 4.35. The number of fused-ring (bicyclic) bond motifs is 1. The van der Waals surface area contributed by atoms with Crippen LogP contribution in [-0.2, 0) is 13.1 Å². The normalized spacial score (nSPS) is 27.2. The van der Waals surface area contributed by atoms with Crippen molar-refractivity contribution < 1.29 is 9.63 Å². The van der Waals surface area contributed by atoms with Gasteiger partial charge in [-0.2, -0.15) is 0 Å². The summed E-state index contributed by atoms with van der Waals surface area (Å²) in [6, 6.07) is 1.99. The van der Waals surface area contributed by atoms with Crippen LogP contribution >= 0.6 is 0 Å². The minimum Gasteiger partial charge on any atom is -0.396 e. The van der Waals surface area contributed by atoms with Crippen molar-refractivity contribution in [2.45, 2.75) is 26.9 Å². The predicted octanol–water partition coefficient (Wildman–Crippen LogP) is 0.309. The van der Waals surface area contributed by atoms with Crippen molar-refractivity contribution in [3.8, 4) is 0 Å². The fraction of sp³-hybridized carbons (Fsp3) is 0.706. The molecule has 2 aliphatic heterocycles. The van der Waals surface area contributed by atoms with Gasteiger partial charge in [-0.3, -0.25) is 4.90 Å². The van der Waals surface area contributed by atoms with Crippen LogP contribution in [0.5, 0.6) is 0 Å². The van der Waals surface area contributed by atoms with Crippen LogP contribution < -0.4 is 0 Å². The number of hydrogen-bond acceptors (Lipinski definition) is 7. The summed E-state index contributed by atoms with van der Waals surface area (Å²) in [5.74, 6) is 2.36. The molecule has 0 amide bonds. The highest BCUT2D eigenvalue weighted by Gasteiger charge is 2.51. The summed E-state index contributed by atoms with van der Waals surface area (Å²) in [5.41, 5.74) is 0.902. The first-order valence-corrected chi connectivity index (χ1v) is 8.90. The Morgan fingerprint density at radius 2 is 2.04 bits per heavy atom. The Morgan fingerprint density at radius 3 is 2.68 bits per heavy atom. The molecule has 4 rings (SSSR count). The minimum absolute atomic E-state index is 0.0166. The van der Waals surface area contributed by atoms with Crippen molar-refractivity contribution in [3.05, 3.63) is 29.7 Å². The third kappa shape index (κ3) is 3.21. The lowest BCUT2D eigenvalue weighted by Crippen LogP contribution is -2.37. The Bertz CT molecular complexity index is 728. The zero-order valence-electron chi connectivity index (χ0n) is 14.9. The van der Waals surface area contributed by atoms with Crippen molar-refractivity contribution in [2.24, 2.45) is 11.3 Å². The molecule has 8 nitrogen and oxygen atoms in total. The highest BCUT2D eigenvalue weighted by Crippen LogP contribution is 2.42. The van der Waals surface area contributed by atoms with E-state index in [4.69, 9.17) is 4.52 Å². The Labute approximate surface area is 147 Å². The monoisotopic (exact) mass is 346 g/mol. The number of aliphatic hydroxyl groups is 1. The number of nitrogens with zero attached hydrogens (tertiary/aromatic N) is 6. The van der Waals surface area contributed by atoms with Crippen molar-refractivity contribution >= 4 is 0 Å². The van der Waals surface area contributed by atoms with E-state index in [1.54, 1.807) is 6.33 Å². The Balaban J connectivity index is 1.35. The van der Waals surface area contributed by atoms with E-state index >= 15 is 0 Å². The summed E-state index contributed by atoms with van der Waals surface area (Å²) < 4.78 is 7.43. The quantitative estimate of drug-likeness (QED) is 0.806.